The molecule has 0 saturated heterocycles. The maximum atomic E-state index is 4.97. The number of hydrogen-bond acceptors (Lipinski definition) is 0. The van der Waals surface area contributed by atoms with Gasteiger partial charge in [-0.2, -0.15) is 16.8 Å². The minimum atomic E-state index is -1.92. The van der Waals surface area contributed by atoms with Crippen LogP contribution in [-0.4, -0.2) is 8.07 Å². The molecule has 102 valence electrons. The Morgan fingerprint density at radius 3 is 1.89 bits per heavy atom. The van der Waals surface area contributed by atoms with Gasteiger partial charge in [-0.1, -0.05) is 55.5 Å². The molecule has 0 N–H and O–H groups in total. The van der Waals surface area contributed by atoms with Crippen molar-refractivity contribution in [3.05, 3.63) is 54.1 Å². The van der Waals surface area contributed by atoms with Gasteiger partial charge in [0, 0.05) is 0 Å². The van der Waals surface area contributed by atoms with Crippen molar-refractivity contribution in [3.63, 3.8) is 0 Å². The normalized spacial score (nSPS) is 10.6. The first-order valence-corrected chi connectivity index (χ1v) is 15.4. The molecule has 0 nitrogen and oxygen atoms in total. The molecule has 0 aliphatic carbocycles. The van der Waals surface area contributed by atoms with E-state index in [1.807, 2.05) is 0 Å². The van der Waals surface area contributed by atoms with Crippen LogP contribution in [0.2, 0.25) is 13.1 Å². The van der Waals surface area contributed by atoms with E-state index in [1.165, 1.54) is 10.8 Å². The Bertz CT molecular complexity index is 492. The fourth-order valence-corrected chi connectivity index (χ4v) is 5.14. The monoisotopic (exact) mass is 366 g/mol. The Labute approximate surface area is 134 Å². The van der Waals surface area contributed by atoms with E-state index in [0.29, 0.717) is 0 Å². The molecule has 0 fully saturated rings. The van der Waals surface area contributed by atoms with Crippen LogP contribution in [0.15, 0.2) is 48.5 Å². The van der Waals surface area contributed by atoms with E-state index < -0.39 is 22.8 Å². The van der Waals surface area contributed by atoms with Gasteiger partial charge in [-0.25, -0.2) is 12.1 Å². The second-order valence-corrected chi connectivity index (χ2v) is 16.9. The van der Waals surface area contributed by atoms with Crippen LogP contribution in [0.4, 0.5) is 0 Å². The molecule has 0 aliphatic rings. The predicted molar refractivity (Wildman–Crippen MR) is 87.5 cm³/mol. The Balaban J connectivity index is 0.000000399. The molecule has 0 amide bonds. The van der Waals surface area contributed by atoms with Gasteiger partial charge in [0.1, 0.15) is 0 Å². The zero-order chi connectivity index (χ0) is 14.5. The standard InChI is InChI=1S/C14H17Si.3ClH.Ti/c1-12-8-7-11-14(12)15(2,3)13-9-5-4-6-10-13;;;;/h4-11H,1-3H3;3*1H;/q-1;;;;+4/p-3. The number of benzene rings is 1. The number of halogens is 3. The van der Waals surface area contributed by atoms with Gasteiger partial charge < -0.3 is 0 Å². The average molecular weight is 368 g/mol. The van der Waals surface area contributed by atoms with E-state index in [4.69, 9.17) is 27.9 Å². The van der Waals surface area contributed by atoms with E-state index in [0.717, 1.165) is 0 Å². The van der Waals surface area contributed by atoms with E-state index in [1.54, 1.807) is 5.19 Å². The molecule has 0 bridgehead atoms. The molecular weight excluding hydrogens is 350 g/mol. The third-order valence-corrected chi connectivity index (χ3v) is 6.89. The average Bonchev–Trinajstić information content (AvgIpc) is 2.76. The van der Waals surface area contributed by atoms with E-state index in [9.17, 15) is 0 Å². The third kappa shape index (κ3) is 5.34. The van der Waals surface area contributed by atoms with Gasteiger partial charge in [-0.05, 0) is 0 Å². The van der Waals surface area contributed by atoms with Crippen molar-refractivity contribution in [1.82, 2.24) is 0 Å². The van der Waals surface area contributed by atoms with Crippen molar-refractivity contribution in [2.75, 3.05) is 0 Å². The molecule has 0 saturated carbocycles. The van der Waals surface area contributed by atoms with Gasteiger partial charge in [0.05, 0.1) is 8.07 Å². The van der Waals surface area contributed by atoms with E-state index >= 15 is 0 Å². The summed E-state index contributed by atoms with van der Waals surface area (Å²) < 4.78 is 0. The van der Waals surface area contributed by atoms with Crippen LogP contribution in [0.25, 0.3) is 0 Å². The summed E-state index contributed by atoms with van der Waals surface area (Å²) in [4.78, 5) is 0. The second kappa shape index (κ2) is 7.97. The molecule has 2 aromatic carbocycles. The number of rotatable bonds is 2. The summed E-state index contributed by atoms with van der Waals surface area (Å²) in [6, 6.07) is 17.6. The first kappa shape index (κ1) is 17.4. The molecule has 2 aromatic rings. The van der Waals surface area contributed by atoms with Crippen molar-refractivity contribution in [2.24, 2.45) is 0 Å². The maximum absolute atomic E-state index is 4.97. The van der Waals surface area contributed by atoms with Gasteiger partial charge in [0.25, 0.3) is 0 Å². The van der Waals surface area contributed by atoms with Gasteiger partial charge in [0.15, 0.2) is 0 Å². The van der Waals surface area contributed by atoms with Gasteiger partial charge in [0.2, 0.25) is 0 Å². The minimum absolute atomic E-state index is 1.44. The summed E-state index contributed by atoms with van der Waals surface area (Å²) in [5.41, 5.74) is 1.44. The van der Waals surface area contributed by atoms with E-state index in [2.05, 4.69) is 68.5 Å². The number of aryl methyl sites for hydroxylation is 1. The first-order valence-electron chi connectivity index (χ1n) is 5.97. The molecule has 0 atom stereocenters. The third-order valence-electron chi connectivity index (χ3n) is 3.20. The zero-order valence-electron chi connectivity index (χ0n) is 11.3. The van der Waals surface area contributed by atoms with Crippen LogP contribution < -0.4 is 10.4 Å². The second-order valence-electron chi connectivity index (χ2n) is 4.83. The zero-order valence-corrected chi connectivity index (χ0v) is 16.1. The van der Waals surface area contributed by atoms with Crippen molar-refractivity contribution >= 4 is 46.4 Å². The van der Waals surface area contributed by atoms with Crippen LogP contribution in [0, 0.1) is 6.92 Å². The molecule has 0 heterocycles. The van der Waals surface area contributed by atoms with Crippen LogP contribution in [0.5, 0.6) is 0 Å². The predicted octanol–water partition coefficient (Wildman–Crippen LogP) is 4.60. The molecule has 0 aliphatic heterocycles. The summed E-state index contributed by atoms with van der Waals surface area (Å²) in [6.07, 6.45) is 0. The molecule has 0 unspecified atom stereocenters. The van der Waals surface area contributed by atoms with Gasteiger partial charge >= 0.3 is 42.6 Å². The van der Waals surface area contributed by atoms with Crippen LogP contribution in [-0.2, 0) is 14.7 Å². The van der Waals surface area contributed by atoms with Crippen LogP contribution >= 0.6 is 27.9 Å². The Morgan fingerprint density at radius 2 is 1.47 bits per heavy atom. The summed E-state index contributed by atoms with van der Waals surface area (Å²) in [7, 11) is 13.5. The Kier molecular flexibility index (Phi) is 7.31. The fraction of sp³-hybridized carbons (Fsp3) is 0.214. The molecule has 5 heteroatoms. The number of hydrogen-bond donors (Lipinski definition) is 0. The van der Waals surface area contributed by atoms with Crippen molar-refractivity contribution in [3.8, 4) is 0 Å². The van der Waals surface area contributed by atoms with Crippen molar-refractivity contribution < 1.29 is 14.7 Å². The SMILES string of the molecule is Cc1ccc[c-]1[Si](C)(C)c1ccccc1.[Cl][Ti+]([Cl])[Cl]. The summed E-state index contributed by atoms with van der Waals surface area (Å²) in [5.74, 6) is 0. The molecule has 0 aromatic heterocycles. The molecule has 19 heavy (non-hydrogen) atoms. The van der Waals surface area contributed by atoms with Gasteiger partial charge in [-0.3, -0.25) is 0 Å². The van der Waals surface area contributed by atoms with Crippen molar-refractivity contribution in [1.29, 1.82) is 0 Å². The molecule has 0 spiro atoms. The summed E-state index contributed by atoms with van der Waals surface area (Å²) in [6.45, 7) is 7.06. The molecule has 0 radical (unpaired) electrons. The summed E-state index contributed by atoms with van der Waals surface area (Å²) in [5, 5.41) is 3.08. The molecular formula is C14H17Cl3SiTi. The fourth-order valence-electron chi connectivity index (χ4n) is 2.22. The first-order chi connectivity index (χ1) is 8.85. The van der Waals surface area contributed by atoms with Gasteiger partial charge in [-0.15, -0.1) is 0 Å². The van der Waals surface area contributed by atoms with Crippen LogP contribution in [0.1, 0.15) is 5.56 Å². The Hall–Kier alpha value is 0.371. The molecule has 2 rings (SSSR count). The van der Waals surface area contributed by atoms with Crippen LogP contribution in [0.3, 0.4) is 0 Å². The quantitative estimate of drug-likeness (QED) is 0.537. The summed E-state index contributed by atoms with van der Waals surface area (Å²) >= 11 is -1.92. The Morgan fingerprint density at radius 1 is 0.947 bits per heavy atom. The van der Waals surface area contributed by atoms with Crippen molar-refractivity contribution in [2.45, 2.75) is 20.0 Å². The topological polar surface area (TPSA) is 0 Å². The van der Waals surface area contributed by atoms with E-state index in [-0.39, 0.29) is 0 Å².